The number of aliphatic carboxylic acids is 1. The molecule has 0 radical (unpaired) electrons. The van der Waals surface area contributed by atoms with Gasteiger partial charge in [0.05, 0.1) is 4.92 Å². The molecule has 10 heteroatoms. The summed E-state index contributed by atoms with van der Waals surface area (Å²) in [5.74, 6) is -1.87. The van der Waals surface area contributed by atoms with Crippen molar-refractivity contribution in [2.45, 2.75) is 31.5 Å². The first-order chi connectivity index (χ1) is 17.3. The molecular weight excluding hydrogens is 466 g/mol. The average Bonchev–Trinajstić information content (AvgIpc) is 2.88. The van der Waals surface area contributed by atoms with Crippen LogP contribution in [0.2, 0.25) is 0 Å². The van der Waals surface area contributed by atoms with E-state index in [9.17, 15) is 29.6 Å². The summed E-state index contributed by atoms with van der Waals surface area (Å²) in [5.41, 5.74) is 1.92. The van der Waals surface area contributed by atoms with Crippen molar-refractivity contribution in [3.8, 4) is 0 Å². The van der Waals surface area contributed by atoms with Gasteiger partial charge in [-0.05, 0) is 28.8 Å². The Morgan fingerprint density at radius 3 is 1.81 bits per heavy atom. The van der Waals surface area contributed by atoms with Crippen LogP contribution in [-0.2, 0) is 33.8 Å². The third kappa shape index (κ3) is 7.94. The number of benzene rings is 3. The number of hydrogen-bond acceptors (Lipinski definition) is 6. The molecule has 0 unspecified atom stereocenters. The lowest BCUT2D eigenvalue weighted by Gasteiger charge is -2.21. The summed E-state index contributed by atoms with van der Waals surface area (Å²) in [6.07, 6.45) is -0.707. The van der Waals surface area contributed by atoms with E-state index in [0.717, 1.165) is 11.1 Å². The molecule has 36 heavy (non-hydrogen) atoms. The summed E-state index contributed by atoms with van der Waals surface area (Å²) in [5, 5.41) is 25.4. The molecule has 2 amide bonds. The Morgan fingerprint density at radius 2 is 1.31 bits per heavy atom. The van der Waals surface area contributed by atoms with Crippen molar-refractivity contribution in [1.82, 2.24) is 10.6 Å². The molecule has 0 spiro atoms. The number of amides is 2. The second-order valence-corrected chi connectivity index (χ2v) is 7.98. The molecule has 0 fully saturated rings. The number of nitrogens with zero attached hydrogens (tertiary/aromatic N) is 1. The van der Waals surface area contributed by atoms with Gasteiger partial charge in [-0.1, -0.05) is 60.7 Å². The van der Waals surface area contributed by atoms with Gasteiger partial charge >= 0.3 is 12.1 Å². The van der Waals surface area contributed by atoms with Gasteiger partial charge in [-0.25, -0.2) is 9.59 Å². The van der Waals surface area contributed by atoms with E-state index in [4.69, 9.17) is 4.74 Å². The van der Waals surface area contributed by atoms with E-state index in [1.807, 2.05) is 6.07 Å². The Morgan fingerprint density at radius 1 is 0.778 bits per heavy atom. The third-order valence-electron chi connectivity index (χ3n) is 5.31. The summed E-state index contributed by atoms with van der Waals surface area (Å²) < 4.78 is 5.18. The lowest BCUT2D eigenvalue weighted by atomic mass is 10.0. The fourth-order valence-electron chi connectivity index (χ4n) is 3.43. The lowest BCUT2D eigenvalue weighted by Crippen LogP contribution is -2.53. The third-order valence-corrected chi connectivity index (χ3v) is 5.31. The minimum Gasteiger partial charge on any atom is -0.480 e. The first-order valence-corrected chi connectivity index (χ1v) is 11.1. The number of hydrogen-bond donors (Lipinski definition) is 3. The second-order valence-electron chi connectivity index (χ2n) is 7.98. The van der Waals surface area contributed by atoms with Gasteiger partial charge in [-0.15, -0.1) is 0 Å². The first kappa shape index (κ1) is 25.9. The normalized spacial score (nSPS) is 12.1. The van der Waals surface area contributed by atoms with E-state index in [0.29, 0.717) is 5.56 Å². The zero-order chi connectivity index (χ0) is 25.9. The molecule has 0 aromatic heterocycles. The second kappa shape index (κ2) is 12.7. The van der Waals surface area contributed by atoms with Crippen LogP contribution in [0.15, 0.2) is 84.9 Å². The molecule has 0 bridgehead atoms. The predicted molar refractivity (Wildman–Crippen MR) is 130 cm³/mol. The highest BCUT2D eigenvalue weighted by molar-refractivity contribution is 5.89. The Balaban J connectivity index is 1.67. The minimum absolute atomic E-state index is 0.0740. The molecule has 0 saturated heterocycles. The summed E-state index contributed by atoms with van der Waals surface area (Å²) >= 11 is 0. The highest BCUT2D eigenvalue weighted by Crippen LogP contribution is 2.13. The van der Waals surface area contributed by atoms with Gasteiger partial charge in [-0.2, -0.15) is 0 Å². The average molecular weight is 492 g/mol. The van der Waals surface area contributed by atoms with Crippen LogP contribution in [0, 0.1) is 10.1 Å². The number of carbonyl (C=O) groups excluding carboxylic acids is 2. The zero-order valence-electron chi connectivity index (χ0n) is 19.2. The number of rotatable bonds is 11. The number of non-ortho nitro benzene ring substituents is 1. The molecule has 3 rings (SSSR count). The summed E-state index contributed by atoms with van der Waals surface area (Å²) in [4.78, 5) is 47.6. The fraction of sp³-hybridized carbons (Fsp3) is 0.192. The van der Waals surface area contributed by atoms with Gasteiger partial charge in [0.1, 0.15) is 18.7 Å². The Kier molecular flexibility index (Phi) is 9.10. The van der Waals surface area contributed by atoms with E-state index >= 15 is 0 Å². The molecule has 3 aromatic carbocycles. The highest BCUT2D eigenvalue weighted by Gasteiger charge is 2.27. The maximum absolute atomic E-state index is 13.1. The van der Waals surface area contributed by atoms with Crippen molar-refractivity contribution in [3.63, 3.8) is 0 Å². The van der Waals surface area contributed by atoms with Gasteiger partial charge in [0.2, 0.25) is 5.91 Å². The molecule has 186 valence electrons. The molecule has 0 saturated carbocycles. The van der Waals surface area contributed by atoms with Crippen LogP contribution in [0.1, 0.15) is 16.7 Å². The molecular formula is C26H25N3O7. The number of carboxylic acids is 1. The minimum atomic E-state index is -1.20. The van der Waals surface area contributed by atoms with Crippen LogP contribution >= 0.6 is 0 Å². The van der Waals surface area contributed by atoms with Crippen molar-refractivity contribution in [1.29, 1.82) is 0 Å². The molecule has 3 N–H and O–H groups in total. The van der Waals surface area contributed by atoms with Crippen molar-refractivity contribution >= 4 is 23.7 Å². The van der Waals surface area contributed by atoms with Gasteiger partial charge in [0, 0.05) is 25.0 Å². The maximum Gasteiger partial charge on any atom is 0.408 e. The van der Waals surface area contributed by atoms with E-state index < -0.39 is 35.0 Å². The summed E-state index contributed by atoms with van der Waals surface area (Å²) in [6.45, 7) is -0.171. The number of ether oxygens (including phenoxy) is 1. The van der Waals surface area contributed by atoms with Crippen LogP contribution in [0.5, 0.6) is 0 Å². The molecule has 3 aromatic rings. The maximum atomic E-state index is 13.1. The van der Waals surface area contributed by atoms with Crippen molar-refractivity contribution in [2.75, 3.05) is 0 Å². The molecule has 0 aliphatic rings. The van der Waals surface area contributed by atoms with Crippen LogP contribution < -0.4 is 10.6 Å². The largest absolute Gasteiger partial charge is 0.480 e. The van der Waals surface area contributed by atoms with Gasteiger partial charge < -0.3 is 20.5 Å². The summed E-state index contributed by atoms with van der Waals surface area (Å²) in [7, 11) is 0. The SMILES string of the molecule is O=C(N[C@@H](Cc1ccccc1)C(=O)N[C@@H](Cc1ccccc1)C(=O)O)OCc1ccc([N+](=O)[O-])cc1. The number of carboxylic acid groups (broad SMARTS) is 1. The van der Waals surface area contributed by atoms with E-state index in [1.165, 1.54) is 24.3 Å². The molecule has 0 heterocycles. The lowest BCUT2D eigenvalue weighted by molar-refractivity contribution is -0.384. The summed E-state index contributed by atoms with van der Waals surface area (Å²) in [6, 6.07) is 21.0. The quantitative estimate of drug-likeness (QED) is 0.275. The number of nitro groups is 1. The number of alkyl carbamates (subject to hydrolysis) is 1. The van der Waals surface area contributed by atoms with Gasteiger partial charge in [0.25, 0.3) is 5.69 Å². The molecule has 2 atom stereocenters. The Labute approximate surface area is 207 Å². The van der Waals surface area contributed by atoms with Crippen molar-refractivity contribution < 1.29 is 29.2 Å². The van der Waals surface area contributed by atoms with E-state index in [-0.39, 0.29) is 25.1 Å². The fourth-order valence-corrected chi connectivity index (χ4v) is 3.43. The van der Waals surface area contributed by atoms with Crippen molar-refractivity contribution in [2.24, 2.45) is 0 Å². The van der Waals surface area contributed by atoms with E-state index in [1.54, 1.807) is 54.6 Å². The standard InChI is InChI=1S/C26H25N3O7/c30-24(27-23(25(31)32)16-19-9-5-2-6-10-19)22(15-18-7-3-1-4-8-18)28-26(33)36-17-20-11-13-21(14-12-20)29(34)35/h1-14,22-23H,15-17H2,(H,27,30)(H,28,33)(H,31,32)/t22-,23-/m0/s1. The Bertz CT molecular complexity index is 1190. The number of carbonyl (C=O) groups is 3. The van der Waals surface area contributed by atoms with E-state index in [2.05, 4.69) is 10.6 Å². The molecule has 0 aliphatic carbocycles. The monoisotopic (exact) mass is 491 g/mol. The number of nitrogens with one attached hydrogen (secondary N) is 2. The van der Waals surface area contributed by atoms with Crippen LogP contribution in [0.25, 0.3) is 0 Å². The van der Waals surface area contributed by atoms with Crippen LogP contribution in [-0.4, -0.2) is 40.1 Å². The first-order valence-electron chi connectivity index (χ1n) is 11.1. The van der Waals surface area contributed by atoms with Crippen LogP contribution in [0.4, 0.5) is 10.5 Å². The molecule has 10 nitrogen and oxygen atoms in total. The number of nitro benzene ring substituents is 1. The zero-order valence-corrected chi connectivity index (χ0v) is 19.2. The van der Waals surface area contributed by atoms with Crippen LogP contribution in [0.3, 0.4) is 0 Å². The highest BCUT2D eigenvalue weighted by atomic mass is 16.6. The Hall–Kier alpha value is -4.73. The van der Waals surface area contributed by atoms with Crippen molar-refractivity contribution in [3.05, 3.63) is 112 Å². The van der Waals surface area contributed by atoms with Gasteiger partial charge in [0.15, 0.2) is 0 Å². The topological polar surface area (TPSA) is 148 Å². The molecule has 0 aliphatic heterocycles. The predicted octanol–water partition coefficient (Wildman–Crippen LogP) is 3.24. The smallest absolute Gasteiger partial charge is 0.408 e. The van der Waals surface area contributed by atoms with Gasteiger partial charge in [-0.3, -0.25) is 14.9 Å².